The van der Waals surface area contributed by atoms with Crippen molar-refractivity contribution in [2.45, 2.75) is 13.1 Å². The molecule has 0 radical (unpaired) electrons. The highest BCUT2D eigenvalue weighted by atomic mass is 19.4. The van der Waals surface area contributed by atoms with Crippen molar-refractivity contribution in [3.05, 3.63) is 35.4 Å². The van der Waals surface area contributed by atoms with Crippen LogP contribution in [-0.4, -0.2) is 31.7 Å². The maximum Gasteiger partial charge on any atom is 0.417 e. The molecule has 1 aromatic carbocycles. The van der Waals surface area contributed by atoms with Gasteiger partial charge in [0.25, 0.3) is 5.91 Å². The van der Waals surface area contributed by atoms with E-state index in [1.165, 1.54) is 12.1 Å². The van der Waals surface area contributed by atoms with E-state index in [9.17, 15) is 22.8 Å². The van der Waals surface area contributed by atoms with Gasteiger partial charge in [0.15, 0.2) is 0 Å². The van der Waals surface area contributed by atoms with Gasteiger partial charge in [0.05, 0.1) is 17.7 Å². The summed E-state index contributed by atoms with van der Waals surface area (Å²) < 4.78 is 42.8. The first-order valence-corrected chi connectivity index (χ1v) is 6.21. The van der Waals surface area contributed by atoms with Gasteiger partial charge in [0, 0.05) is 13.1 Å². The zero-order valence-corrected chi connectivity index (χ0v) is 11.3. The normalized spacial score (nSPS) is 10.9. The largest absolute Gasteiger partial charge is 0.450 e. The van der Waals surface area contributed by atoms with Crippen LogP contribution in [0.2, 0.25) is 0 Å². The van der Waals surface area contributed by atoms with Crippen molar-refractivity contribution in [3.63, 3.8) is 0 Å². The molecule has 0 aliphatic heterocycles. The Morgan fingerprint density at radius 2 is 1.76 bits per heavy atom. The molecule has 0 spiro atoms. The van der Waals surface area contributed by atoms with Crippen LogP contribution in [0.25, 0.3) is 0 Å². The van der Waals surface area contributed by atoms with Crippen LogP contribution in [0.4, 0.5) is 18.0 Å². The molecule has 0 unspecified atom stereocenters. The fourth-order valence-corrected chi connectivity index (χ4v) is 1.55. The summed E-state index contributed by atoms with van der Waals surface area (Å²) in [5.74, 6) is -0.853. The van der Waals surface area contributed by atoms with Gasteiger partial charge in [0.1, 0.15) is 0 Å². The molecule has 1 rings (SSSR count). The van der Waals surface area contributed by atoms with Crippen LogP contribution in [-0.2, 0) is 10.9 Å². The van der Waals surface area contributed by atoms with Gasteiger partial charge in [-0.2, -0.15) is 13.2 Å². The molecule has 0 heterocycles. The Balaban J connectivity index is 2.55. The molecule has 0 aliphatic rings. The lowest BCUT2D eigenvalue weighted by Gasteiger charge is -2.12. The minimum Gasteiger partial charge on any atom is -0.450 e. The molecule has 0 aliphatic carbocycles. The van der Waals surface area contributed by atoms with E-state index in [2.05, 4.69) is 15.4 Å². The smallest absolute Gasteiger partial charge is 0.417 e. The third kappa shape index (κ3) is 5.33. The van der Waals surface area contributed by atoms with Crippen LogP contribution in [0.15, 0.2) is 24.3 Å². The SMILES string of the molecule is CCOC(=O)NCCNC(=O)c1ccccc1C(F)(F)F. The predicted molar refractivity (Wildman–Crippen MR) is 68.8 cm³/mol. The molecule has 0 fully saturated rings. The average Bonchev–Trinajstić information content (AvgIpc) is 2.43. The summed E-state index contributed by atoms with van der Waals surface area (Å²) in [6, 6.07) is 4.49. The number of alkyl carbamates (subject to hydrolysis) is 1. The number of hydrogen-bond donors (Lipinski definition) is 2. The Kier molecular flexibility index (Phi) is 6.01. The van der Waals surface area contributed by atoms with Crippen molar-refractivity contribution in [3.8, 4) is 0 Å². The van der Waals surface area contributed by atoms with Crippen molar-refractivity contribution < 1.29 is 27.5 Å². The summed E-state index contributed by atoms with van der Waals surface area (Å²) in [5.41, 5.74) is -1.46. The minimum atomic E-state index is -4.60. The molecule has 0 saturated carbocycles. The van der Waals surface area contributed by atoms with Gasteiger partial charge in [-0.3, -0.25) is 4.79 Å². The summed E-state index contributed by atoms with van der Waals surface area (Å²) in [6.07, 6.45) is -5.25. The van der Waals surface area contributed by atoms with Crippen LogP contribution in [0.3, 0.4) is 0 Å². The van der Waals surface area contributed by atoms with Crippen molar-refractivity contribution in [1.82, 2.24) is 10.6 Å². The second-order valence-corrected chi connectivity index (χ2v) is 3.95. The van der Waals surface area contributed by atoms with Gasteiger partial charge in [-0.05, 0) is 19.1 Å². The number of benzene rings is 1. The molecule has 0 aromatic heterocycles. The molecular formula is C13H15F3N2O3. The molecule has 21 heavy (non-hydrogen) atoms. The van der Waals surface area contributed by atoms with Crippen molar-refractivity contribution >= 4 is 12.0 Å². The number of carbonyl (C=O) groups is 2. The third-order valence-electron chi connectivity index (χ3n) is 2.43. The lowest BCUT2D eigenvalue weighted by molar-refractivity contribution is -0.137. The Morgan fingerprint density at radius 1 is 1.14 bits per heavy atom. The molecule has 8 heteroatoms. The molecule has 1 aromatic rings. The first kappa shape index (κ1) is 16.8. The average molecular weight is 304 g/mol. The minimum absolute atomic E-state index is 0.0101. The lowest BCUT2D eigenvalue weighted by Crippen LogP contribution is -2.35. The maximum absolute atomic E-state index is 12.7. The van der Waals surface area contributed by atoms with Crippen molar-refractivity contribution in [2.75, 3.05) is 19.7 Å². The van der Waals surface area contributed by atoms with E-state index in [4.69, 9.17) is 0 Å². The summed E-state index contributed by atoms with van der Waals surface area (Å²) in [6.45, 7) is 1.88. The molecule has 0 bridgehead atoms. The van der Waals surface area contributed by atoms with E-state index in [0.717, 1.165) is 12.1 Å². The standard InChI is InChI=1S/C13H15F3N2O3/c1-2-21-12(20)18-8-7-17-11(19)9-5-3-4-6-10(9)13(14,15)16/h3-6H,2,7-8H2,1H3,(H,17,19)(H,18,20). The lowest BCUT2D eigenvalue weighted by atomic mass is 10.1. The Hall–Kier alpha value is -2.25. The molecule has 0 saturated heterocycles. The van der Waals surface area contributed by atoms with Crippen LogP contribution in [0.1, 0.15) is 22.8 Å². The van der Waals surface area contributed by atoms with Crippen LogP contribution in [0, 0.1) is 0 Å². The highest BCUT2D eigenvalue weighted by molar-refractivity contribution is 5.95. The van der Waals surface area contributed by atoms with Crippen molar-refractivity contribution in [1.29, 1.82) is 0 Å². The van der Waals surface area contributed by atoms with E-state index in [0.29, 0.717) is 0 Å². The highest BCUT2D eigenvalue weighted by Gasteiger charge is 2.34. The first-order chi connectivity index (χ1) is 9.86. The van der Waals surface area contributed by atoms with Gasteiger partial charge in [-0.1, -0.05) is 12.1 Å². The summed E-state index contributed by atoms with van der Waals surface area (Å²) in [4.78, 5) is 22.7. The van der Waals surface area contributed by atoms with E-state index in [-0.39, 0.29) is 19.7 Å². The molecule has 0 atom stereocenters. The van der Waals surface area contributed by atoms with Crippen LogP contribution in [0.5, 0.6) is 0 Å². The van der Waals surface area contributed by atoms with Crippen LogP contribution < -0.4 is 10.6 Å². The number of amides is 2. The van der Waals surface area contributed by atoms with Gasteiger partial charge in [-0.15, -0.1) is 0 Å². The summed E-state index contributed by atoms with van der Waals surface area (Å²) in [7, 11) is 0. The predicted octanol–water partition coefficient (Wildman–Crippen LogP) is 2.18. The van der Waals surface area contributed by atoms with Gasteiger partial charge in [-0.25, -0.2) is 4.79 Å². The molecule has 2 N–H and O–H groups in total. The highest BCUT2D eigenvalue weighted by Crippen LogP contribution is 2.31. The fourth-order valence-electron chi connectivity index (χ4n) is 1.55. The number of hydrogen-bond acceptors (Lipinski definition) is 3. The second kappa shape index (κ2) is 7.51. The molecule has 2 amide bonds. The third-order valence-corrected chi connectivity index (χ3v) is 2.43. The Morgan fingerprint density at radius 3 is 2.38 bits per heavy atom. The molecule has 5 nitrogen and oxygen atoms in total. The topological polar surface area (TPSA) is 67.4 Å². The maximum atomic E-state index is 12.7. The van der Waals surface area contributed by atoms with Gasteiger partial charge in [0.2, 0.25) is 0 Å². The Labute approximate surface area is 119 Å². The van der Waals surface area contributed by atoms with Crippen molar-refractivity contribution in [2.24, 2.45) is 0 Å². The number of alkyl halides is 3. The summed E-state index contributed by atoms with van der Waals surface area (Å²) >= 11 is 0. The van der Waals surface area contributed by atoms with E-state index in [1.807, 2.05) is 0 Å². The van der Waals surface area contributed by atoms with E-state index < -0.39 is 29.3 Å². The molecular weight excluding hydrogens is 289 g/mol. The first-order valence-electron chi connectivity index (χ1n) is 6.21. The number of nitrogens with one attached hydrogen (secondary N) is 2. The Bertz CT molecular complexity index is 504. The zero-order valence-electron chi connectivity index (χ0n) is 11.3. The number of halogens is 3. The zero-order chi connectivity index (χ0) is 15.9. The molecule has 116 valence electrons. The van der Waals surface area contributed by atoms with Gasteiger partial charge < -0.3 is 15.4 Å². The van der Waals surface area contributed by atoms with E-state index >= 15 is 0 Å². The quantitative estimate of drug-likeness (QED) is 0.819. The van der Waals surface area contributed by atoms with E-state index in [1.54, 1.807) is 6.92 Å². The second-order valence-electron chi connectivity index (χ2n) is 3.95. The summed E-state index contributed by atoms with van der Waals surface area (Å²) in [5, 5.41) is 4.64. The number of carbonyl (C=O) groups excluding carboxylic acids is 2. The monoisotopic (exact) mass is 304 g/mol. The van der Waals surface area contributed by atoms with Gasteiger partial charge >= 0.3 is 12.3 Å². The number of rotatable bonds is 5. The fraction of sp³-hybridized carbons (Fsp3) is 0.385. The number of ether oxygens (including phenoxy) is 1. The van der Waals surface area contributed by atoms with Crippen LogP contribution >= 0.6 is 0 Å².